The Labute approximate surface area is 88.3 Å². The SMILES string of the molecule is CC.CC.CCCC1CC=CC(=O)O1. The van der Waals surface area contributed by atoms with Crippen molar-refractivity contribution in [3.63, 3.8) is 0 Å². The van der Waals surface area contributed by atoms with Gasteiger partial charge in [0.05, 0.1) is 0 Å². The zero-order chi connectivity index (χ0) is 11.4. The average Bonchev–Trinajstić information content (AvgIpc) is 2.24. The van der Waals surface area contributed by atoms with Crippen LogP contribution in [0.15, 0.2) is 12.2 Å². The van der Waals surface area contributed by atoms with Crippen molar-refractivity contribution in [2.24, 2.45) is 0 Å². The summed E-state index contributed by atoms with van der Waals surface area (Å²) >= 11 is 0. The summed E-state index contributed by atoms with van der Waals surface area (Å²) in [4.78, 5) is 10.6. The molecule has 0 bridgehead atoms. The van der Waals surface area contributed by atoms with Gasteiger partial charge in [-0.2, -0.15) is 0 Å². The van der Waals surface area contributed by atoms with Gasteiger partial charge in [-0.05, 0) is 6.42 Å². The third kappa shape index (κ3) is 7.84. The molecule has 1 rings (SSSR count). The van der Waals surface area contributed by atoms with Crippen LogP contribution in [0.3, 0.4) is 0 Å². The quantitative estimate of drug-likeness (QED) is 0.635. The lowest BCUT2D eigenvalue weighted by atomic mass is 10.1. The average molecular weight is 200 g/mol. The second kappa shape index (κ2) is 12.2. The molecular formula is C12H24O2. The summed E-state index contributed by atoms with van der Waals surface area (Å²) < 4.78 is 5.00. The fraction of sp³-hybridized carbons (Fsp3) is 0.750. The third-order valence-corrected chi connectivity index (χ3v) is 1.55. The number of ether oxygens (including phenoxy) is 1. The Morgan fingerprint density at radius 2 is 1.93 bits per heavy atom. The number of cyclic esters (lactones) is 1. The summed E-state index contributed by atoms with van der Waals surface area (Å²) in [6.45, 7) is 10.1. The topological polar surface area (TPSA) is 26.3 Å². The molecule has 0 N–H and O–H groups in total. The third-order valence-electron chi connectivity index (χ3n) is 1.55. The minimum Gasteiger partial charge on any atom is -0.459 e. The summed E-state index contributed by atoms with van der Waals surface area (Å²) in [7, 11) is 0. The molecule has 0 saturated heterocycles. The molecule has 0 amide bonds. The van der Waals surface area contributed by atoms with Crippen molar-refractivity contribution in [3.05, 3.63) is 12.2 Å². The smallest absolute Gasteiger partial charge is 0.330 e. The Hall–Kier alpha value is -0.790. The summed E-state index contributed by atoms with van der Waals surface area (Å²) in [5, 5.41) is 0. The molecule has 1 atom stereocenters. The van der Waals surface area contributed by atoms with Crippen molar-refractivity contribution in [1.82, 2.24) is 0 Å². The van der Waals surface area contributed by atoms with Gasteiger partial charge in [-0.25, -0.2) is 4.79 Å². The Morgan fingerprint density at radius 3 is 2.36 bits per heavy atom. The van der Waals surface area contributed by atoms with Crippen LogP contribution in [0.5, 0.6) is 0 Å². The van der Waals surface area contributed by atoms with Crippen molar-refractivity contribution in [2.45, 2.75) is 60.0 Å². The monoisotopic (exact) mass is 200 g/mol. The van der Waals surface area contributed by atoms with Crippen LogP contribution in [0.1, 0.15) is 53.9 Å². The fourth-order valence-corrected chi connectivity index (χ4v) is 1.07. The molecule has 0 saturated carbocycles. The number of carbonyl (C=O) groups is 1. The number of esters is 1. The second-order valence-electron chi connectivity index (χ2n) is 2.49. The Kier molecular flexibility index (Phi) is 13.7. The van der Waals surface area contributed by atoms with Crippen molar-refractivity contribution in [1.29, 1.82) is 0 Å². The van der Waals surface area contributed by atoms with Gasteiger partial charge in [-0.1, -0.05) is 47.1 Å². The maximum atomic E-state index is 10.6. The van der Waals surface area contributed by atoms with E-state index in [-0.39, 0.29) is 12.1 Å². The molecule has 0 spiro atoms. The van der Waals surface area contributed by atoms with Gasteiger partial charge < -0.3 is 4.74 Å². The Balaban J connectivity index is 0. The predicted molar refractivity (Wildman–Crippen MR) is 61.2 cm³/mol. The predicted octanol–water partition coefficient (Wildman–Crippen LogP) is 3.71. The van der Waals surface area contributed by atoms with E-state index in [4.69, 9.17) is 4.74 Å². The van der Waals surface area contributed by atoms with E-state index in [1.54, 1.807) is 0 Å². The molecule has 84 valence electrons. The van der Waals surface area contributed by atoms with Gasteiger partial charge in [0.1, 0.15) is 6.10 Å². The molecule has 2 heteroatoms. The van der Waals surface area contributed by atoms with E-state index in [1.807, 2.05) is 33.8 Å². The highest BCUT2D eigenvalue weighted by Gasteiger charge is 2.13. The van der Waals surface area contributed by atoms with Crippen molar-refractivity contribution in [3.8, 4) is 0 Å². The summed E-state index contributed by atoms with van der Waals surface area (Å²) in [5.41, 5.74) is 0. The molecule has 1 aliphatic heterocycles. The van der Waals surface area contributed by atoms with Crippen LogP contribution in [0.2, 0.25) is 0 Å². The van der Waals surface area contributed by atoms with Gasteiger partial charge in [-0.3, -0.25) is 0 Å². The van der Waals surface area contributed by atoms with Crippen LogP contribution in [0.25, 0.3) is 0 Å². The number of hydrogen-bond donors (Lipinski definition) is 0. The molecule has 1 heterocycles. The van der Waals surface area contributed by atoms with E-state index in [9.17, 15) is 4.79 Å². The maximum absolute atomic E-state index is 10.6. The lowest BCUT2D eigenvalue weighted by Crippen LogP contribution is -2.19. The van der Waals surface area contributed by atoms with Crippen LogP contribution in [-0.4, -0.2) is 12.1 Å². The number of hydrogen-bond acceptors (Lipinski definition) is 2. The van der Waals surface area contributed by atoms with E-state index in [0.29, 0.717) is 0 Å². The molecule has 14 heavy (non-hydrogen) atoms. The van der Waals surface area contributed by atoms with Gasteiger partial charge in [-0.15, -0.1) is 0 Å². The summed E-state index contributed by atoms with van der Waals surface area (Å²) in [5.74, 6) is -0.190. The van der Waals surface area contributed by atoms with Crippen molar-refractivity contribution < 1.29 is 9.53 Å². The first-order valence-corrected chi connectivity index (χ1v) is 5.70. The molecule has 0 fully saturated rings. The standard InChI is InChI=1S/C8H12O2.2C2H6/c1-2-4-7-5-3-6-8(9)10-7;2*1-2/h3,6-7H,2,4-5H2,1H3;2*1-2H3. The maximum Gasteiger partial charge on any atom is 0.330 e. The highest BCUT2D eigenvalue weighted by Crippen LogP contribution is 2.12. The van der Waals surface area contributed by atoms with Gasteiger partial charge in [0.2, 0.25) is 0 Å². The molecule has 1 aliphatic rings. The van der Waals surface area contributed by atoms with Crippen LogP contribution in [0.4, 0.5) is 0 Å². The van der Waals surface area contributed by atoms with Crippen molar-refractivity contribution >= 4 is 5.97 Å². The zero-order valence-corrected chi connectivity index (χ0v) is 10.2. The molecule has 0 aliphatic carbocycles. The minimum atomic E-state index is -0.190. The van der Waals surface area contributed by atoms with Gasteiger partial charge in [0.15, 0.2) is 0 Å². The van der Waals surface area contributed by atoms with Gasteiger partial charge in [0.25, 0.3) is 0 Å². The Morgan fingerprint density at radius 1 is 1.36 bits per heavy atom. The first-order valence-electron chi connectivity index (χ1n) is 5.70. The summed E-state index contributed by atoms with van der Waals surface area (Å²) in [6.07, 6.45) is 6.46. The van der Waals surface area contributed by atoms with E-state index in [0.717, 1.165) is 19.3 Å². The first kappa shape index (κ1) is 15.7. The highest BCUT2D eigenvalue weighted by molar-refractivity contribution is 5.82. The Bertz CT molecular complexity index is 150. The molecule has 0 aromatic carbocycles. The summed E-state index contributed by atoms with van der Waals surface area (Å²) in [6, 6.07) is 0. The number of rotatable bonds is 2. The molecule has 2 nitrogen and oxygen atoms in total. The second-order valence-corrected chi connectivity index (χ2v) is 2.49. The zero-order valence-electron chi connectivity index (χ0n) is 10.2. The lowest BCUT2D eigenvalue weighted by molar-refractivity contribution is -0.144. The van der Waals surface area contributed by atoms with E-state index in [2.05, 4.69) is 6.92 Å². The molecule has 0 aromatic rings. The van der Waals surface area contributed by atoms with Gasteiger partial charge in [0, 0.05) is 12.5 Å². The largest absolute Gasteiger partial charge is 0.459 e. The molecule has 0 aromatic heterocycles. The fourth-order valence-electron chi connectivity index (χ4n) is 1.07. The van der Waals surface area contributed by atoms with E-state index < -0.39 is 0 Å². The van der Waals surface area contributed by atoms with E-state index in [1.165, 1.54) is 6.08 Å². The van der Waals surface area contributed by atoms with Crippen LogP contribution in [-0.2, 0) is 9.53 Å². The minimum absolute atomic E-state index is 0.141. The van der Waals surface area contributed by atoms with Gasteiger partial charge >= 0.3 is 5.97 Å². The van der Waals surface area contributed by atoms with E-state index >= 15 is 0 Å². The highest BCUT2D eigenvalue weighted by atomic mass is 16.5. The lowest BCUT2D eigenvalue weighted by Gasteiger charge is -2.17. The van der Waals surface area contributed by atoms with Crippen LogP contribution < -0.4 is 0 Å². The number of carbonyl (C=O) groups excluding carboxylic acids is 1. The normalized spacial score (nSPS) is 18.4. The van der Waals surface area contributed by atoms with Crippen LogP contribution >= 0.6 is 0 Å². The first-order chi connectivity index (χ1) is 6.83. The van der Waals surface area contributed by atoms with Crippen LogP contribution in [0, 0.1) is 0 Å². The van der Waals surface area contributed by atoms with Crippen molar-refractivity contribution in [2.75, 3.05) is 0 Å². The molecular weight excluding hydrogens is 176 g/mol. The molecule has 1 unspecified atom stereocenters. The molecule has 0 radical (unpaired) electrons.